The minimum atomic E-state index is -0.585. The summed E-state index contributed by atoms with van der Waals surface area (Å²) < 4.78 is 4.99. The van der Waals surface area contributed by atoms with Crippen LogP contribution in [0.3, 0.4) is 0 Å². The van der Waals surface area contributed by atoms with Crippen molar-refractivity contribution in [3.8, 4) is 6.07 Å². The summed E-state index contributed by atoms with van der Waals surface area (Å²) in [4.78, 5) is 28.5. The lowest BCUT2D eigenvalue weighted by molar-refractivity contribution is 0.0525. The average Bonchev–Trinajstić information content (AvgIpc) is 2.60. The van der Waals surface area contributed by atoms with Crippen molar-refractivity contribution in [2.45, 2.75) is 6.92 Å². The summed E-state index contributed by atoms with van der Waals surface area (Å²) in [5.41, 5.74) is 1.76. The molecule has 0 radical (unpaired) electrons. The first-order chi connectivity index (χ1) is 12.0. The van der Waals surface area contributed by atoms with Gasteiger partial charge >= 0.3 is 5.97 Å². The van der Waals surface area contributed by atoms with Gasteiger partial charge in [-0.25, -0.2) is 4.79 Å². The van der Waals surface area contributed by atoms with Gasteiger partial charge in [0.25, 0.3) is 5.56 Å². The molecule has 0 amide bonds. The number of carbonyl (C=O) groups is 1. The average molecular weight is 337 g/mol. The van der Waals surface area contributed by atoms with Gasteiger partial charge in [-0.2, -0.15) is 5.26 Å². The van der Waals surface area contributed by atoms with Crippen LogP contribution in [0.25, 0.3) is 12.2 Å². The van der Waals surface area contributed by atoms with Crippen LogP contribution in [0, 0.1) is 11.3 Å². The second-order valence-corrected chi connectivity index (χ2v) is 5.49. The zero-order valence-electron chi connectivity index (χ0n) is 14.4. The van der Waals surface area contributed by atoms with Crippen molar-refractivity contribution in [2.75, 3.05) is 25.6 Å². The molecule has 0 fully saturated rings. The van der Waals surface area contributed by atoms with Crippen LogP contribution >= 0.6 is 0 Å². The van der Waals surface area contributed by atoms with Gasteiger partial charge in [0.15, 0.2) is 0 Å². The van der Waals surface area contributed by atoms with E-state index in [0.717, 1.165) is 11.3 Å². The fourth-order valence-corrected chi connectivity index (χ4v) is 2.20. The largest absolute Gasteiger partial charge is 0.462 e. The number of benzene rings is 1. The maximum absolute atomic E-state index is 12.1. The Labute approximate surface area is 146 Å². The molecule has 0 aliphatic heterocycles. The maximum atomic E-state index is 12.1. The van der Waals surface area contributed by atoms with E-state index in [2.05, 4.69) is 4.98 Å². The molecule has 1 heterocycles. The molecule has 1 N–H and O–H groups in total. The number of nitrogens with one attached hydrogen (secondary N) is 1. The van der Waals surface area contributed by atoms with Gasteiger partial charge in [0, 0.05) is 19.8 Å². The van der Waals surface area contributed by atoms with Gasteiger partial charge in [0.05, 0.1) is 17.9 Å². The lowest BCUT2D eigenvalue weighted by Gasteiger charge is -2.11. The van der Waals surface area contributed by atoms with E-state index in [0.29, 0.717) is 5.69 Å². The van der Waals surface area contributed by atoms with Crippen molar-refractivity contribution in [3.05, 3.63) is 63.1 Å². The highest BCUT2D eigenvalue weighted by atomic mass is 16.5. The van der Waals surface area contributed by atoms with Crippen molar-refractivity contribution < 1.29 is 9.53 Å². The molecule has 0 spiro atoms. The smallest absolute Gasteiger partial charge is 0.340 e. The molecule has 0 saturated heterocycles. The number of hydrogen-bond donors (Lipinski definition) is 1. The summed E-state index contributed by atoms with van der Waals surface area (Å²) in [5, 5.41) is 8.98. The lowest BCUT2D eigenvalue weighted by Crippen LogP contribution is -2.17. The molecule has 6 heteroatoms. The molecule has 128 valence electrons. The molecule has 0 aliphatic rings. The second-order valence-electron chi connectivity index (χ2n) is 5.49. The van der Waals surface area contributed by atoms with Crippen molar-refractivity contribution >= 4 is 23.8 Å². The Morgan fingerprint density at radius 3 is 2.52 bits per heavy atom. The molecule has 0 unspecified atom stereocenters. The number of aromatic amines is 1. The fourth-order valence-electron chi connectivity index (χ4n) is 2.20. The Bertz CT molecular complexity index is 888. The Balaban J connectivity index is 2.40. The Morgan fingerprint density at radius 2 is 1.96 bits per heavy atom. The molecular formula is C19H19N3O3. The van der Waals surface area contributed by atoms with Crippen molar-refractivity contribution in [2.24, 2.45) is 0 Å². The first-order valence-electron chi connectivity index (χ1n) is 7.76. The molecule has 2 rings (SSSR count). The highest BCUT2D eigenvalue weighted by Gasteiger charge is 2.14. The first kappa shape index (κ1) is 18.0. The number of H-pyrrole nitrogens is 1. The molecule has 2 aromatic rings. The summed E-state index contributed by atoms with van der Waals surface area (Å²) in [6.07, 6.45) is 3.40. The molecule has 0 saturated carbocycles. The summed E-state index contributed by atoms with van der Waals surface area (Å²) in [6, 6.07) is 10.8. The van der Waals surface area contributed by atoms with E-state index in [1.165, 1.54) is 6.07 Å². The van der Waals surface area contributed by atoms with Crippen molar-refractivity contribution in [1.29, 1.82) is 5.26 Å². The van der Waals surface area contributed by atoms with E-state index in [4.69, 9.17) is 10.00 Å². The summed E-state index contributed by atoms with van der Waals surface area (Å²) in [6.45, 7) is 1.89. The van der Waals surface area contributed by atoms with Crippen molar-refractivity contribution in [3.63, 3.8) is 0 Å². The summed E-state index contributed by atoms with van der Waals surface area (Å²) in [5.74, 6) is -0.585. The minimum absolute atomic E-state index is 0.129. The number of esters is 1. The second kappa shape index (κ2) is 7.97. The summed E-state index contributed by atoms with van der Waals surface area (Å²) >= 11 is 0. The van der Waals surface area contributed by atoms with E-state index in [1.54, 1.807) is 25.1 Å². The predicted molar refractivity (Wildman–Crippen MR) is 97.4 cm³/mol. The van der Waals surface area contributed by atoms with Gasteiger partial charge in [0.1, 0.15) is 11.6 Å². The van der Waals surface area contributed by atoms with Crippen LogP contribution in [0.4, 0.5) is 5.69 Å². The van der Waals surface area contributed by atoms with Crippen LogP contribution in [0.15, 0.2) is 35.1 Å². The Kier molecular flexibility index (Phi) is 5.75. The number of nitriles is 1. The standard InChI is InChI=1S/C19H19N3O3/c1-4-25-19(24)16-11-14(12-20)18(23)21-17(16)10-7-13-5-8-15(9-6-13)22(2)3/h5-11H,4H2,1-3H3,(H,21,23)/b10-7+. The number of ether oxygens (including phenoxy) is 1. The zero-order chi connectivity index (χ0) is 18.4. The van der Waals surface area contributed by atoms with Gasteiger partial charge in [-0.05, 0) is 36.8 Å². The van der Waals surface area contributed by atoms with Gasteiger partial charge in [-0.3, -0.25) is 4.79 Å². The Hall–Kier alpha value is -3.33. The number of anilines is 1. The predicted octanol–water partition coefficient (Wildman–Crippen LogP) is 2.66. The minimum Gasteiger partial charge on any atom is -0.462 e. The van der Waals surface area contributed by atoms with Gasteiger partial charge in [-0.1, -0.05) is 18.2 Å². The van der Waals surface area contributed by atoms with Crippen LogP contribution < -0.4 is 10.5 Å². The molecule has 6 nitrogen and oxygen atoms in total. The number of nitrogens with zero attached hydrogens (tertiary/aromatic N) is 2. The monoisotopic (exact) mass is 337 g/mol. The van der Waals surface area contributed by atoms with Gasteiger partial charge in [0.2, 0.25) is 0 Å². The molecule has 1 aromatic carbocycles. The quantitative estimate of drug-likeness (QED) is 0.848. The SMILES string of the molecule is CCOC(=O)c1cc(C#N)c(=O)[nH]c1/C=C/c1ccc(N(C)C)cc1. The van der Waals surface area contributed by atoms with Crippen LogP contribution in [0.2, 0.25) is 0 Å². The molecule has 0 aliphatic carbocycles. The summed E-state index contributed by atoms with van der Waals surface area (Å²) in [7, 11) is 3.91. The number of pyridine rings is 1. The van der Waals surface area contributed by atoms with Crippen LogP contribution in [0.1, 0.15) is 34.1 Å². The first-order valence-corrected chi connectivity index (χ1v) is 7.76. The fraction of sp³-hybridized carbons (Fsp3) is 0.211. The van der Waals surface area contributed by atoms with E-state index in [-0.39, 0.29) is 17.7 Å². The van der Waals surface area contributed by atoms with Crippen molar-refractivity contribution in [1.82, 2.24) is 4.98 Å². The third kappa shape index (κ3) is 4.36. The molecule has 25 heavy (non-hydrogen) atoms. The number of hydrogen-bond acceptors (Lipinski definition) is 5. The molecular weight excluding hydrogens is 318 g/mol. The molecule has 0 bridgehead atoms. The Morgan fingerprint density at radius 1 is 1.28 bits per heavy atom. The molecule has 0 atom stereocenters. The van der Waals surface area contributed by atoms with E-state index >= 15 is 0 Å². The third-order valence-electron chi connectivity index (χ3n) is 3.54. The highest BCUT2D eigenvalue weighted by Crippen LogP contribution is 2.16. The third-order valence-corrected chi connectivity index (χ3v) is 3.54. The topological polar surface area (TPSA) is 86.2 Å². The number of carbonyl (C=O) groups excluding carboxylic acids is 1. The lowest BCUT2D eigenvalue weighted by atomic mass is 10.1. The van der Waals surface area contributed by atoms with E-state index < -0.39 is 11.5 Å². The normalized spacial score (nSPS) is 10.5. The number of aromatic nitrogens is 1. The van der Waals surface area contributed by atoms with E-state index in [1.807, 2.05) is 43.3 Å². The molecule has 1 aromatic heterocycles. The van der Waals surface area contributed by atoms with E-state index in [9.17, 15) is 9.59 Å². The number of rotatable bonds is 5. The maximum Gasteiger partial charge on any atom is 0.340 e. The van der Waals surface area contributed by atoms with Crippen LogP contribution in [-0.4, -0.2) is 31.7 Å². The van der Waals surface area contributed by atoms with Gasteiger partial charge in [-0.15, -0.1) is 0 Å². The zero-order valence-corrected chi connectivity index (χ0v) is 14.4. The van der Waals surface area contributed by atoms with Crippen LogP contribution in [-0.2, 0) is 4.74 Å². The van der Waals surface area contributed by atoms with Gasteiger partial charge < -0.3 is 14.6 Å². The van der Waals surface area contributed by atoms with Crippen LogP contribution in [0.5, 0.6) is 0 Å². The highest BCUT2D eigenvalue weighted by molar-refractivity contribution is 5.94.